The first-order valence-corrected chi connectivity index (χ1v) is 10.7. The summed E-state index contributed by atoms with van der Waals surface area (Å²) in [5, 5.41) is 6.76. The van der Waals surface area contributed by atoms with Crippen LogP contribution in [-0.2, 0) is 17.8 Å². The molecule has 6 heteroatoms. The Morgan fingerprint density at radius 1 is 1.00 bits per heavy atom. The Balaban J connectivity index is 1.46. The van der Waals surface area contributed by atoms with Gasteiger partial charge in [0.15, 0.2) is 5.96 Å². The fourth-order valence-corrected chi connectivity index (χ4v) is 3.63. The van der Waals surface area contributed by atoms with E-state index in [9.17, 15) is 0 Å². The molecule has 0 atom stereocenters. The summed E-state index contributed by atoms with van der Waals surface area (Å²) in [6.45, 7) is 10.7. The molecule has 0 unspecified atom stereocenters. The maximum Gasteiger partial charge on any atom is 0.191 e. The number of morpholine rings is 1. The minimum Gasteiger partial charge on any atom is -0.491 e. The average Bonchev–Trinajstić information content (AvgIpc) is 2.76. The van der Waals surface area contributed by atoms with E-state index >= 15 is 0 Å². The number of rotatable bonds is 8. The zero-order chi connectivity index (χ0) is 21.2. The minimum atomic E-state index is 0.583. The fraction of sp³-hybridized carbons (Fsp3) is 0.458. The van der Waals surface area contributed by atoms with Gasteiger partial charge in [-0.25, -0.2) is 0 Å². The van der Waals surface area contributed by atoms with Crippen molar-refractivity contribution in [3.8, 4) is 5.75 Å². The van der Waals surface area contributed by atoms with E-state index in [-0.39, 0.29) is 0 Å². The first-order chi connectivity index (χ1) is 14.7. The van der Waals surface area contributed by atoms with Crippen molar-refractivity contribution >= 4 is 5.96 Å². The molecule has 0 saturated carbocycles. The molecule has 0 spiro atoms. The quantitative estimate of drug-likeness (QED) is 0.398. The number of hydrogen-bond donors (Lipinski definition) is 2. The molecule has 6 nitrogen and oxygen atoms in total. The van der Waals surface area contributed by atoms with E-state index in [1.165, 1.54) is 11.1 Å². The van der Waals surface area contributed by atoms with Crippen LogP contribution in [0.4, 0.5) is 0 Å². The summed E-state index contributed by atoms with van der Waals surface area (Å²) in [5.41, 5.74) is 4.96. The number of hydrogen-bond acceptors (Lipinski definition) is 4. The lowest BCUT2D eigenvalue weighted by Gasteiger charge is -2.27. The van der Waals surface area contributed by atoms with Gasteiger partial charge in [-0.1, -0.05) is 42.5 Å². The molecule has 0 radical (unpaired) electrons. The van der Waals surface area contributed by atoms with Crippen LogP contribution >= 0.6 is 0 Å². The van der Waals surface area contributed by atoms with Gasteiger partial charge in [-0.2, -0.15) is 0 Å². The van der Waals surface area contributed by atoms with Gasteiger partial charge in [0.25, 0.3) is 0 Å². The average molecular weight is 411 g/mol. The van der Waals surface area contributed by atoms with Crippen LogP contribution < -0.4 is 15.4 Å². The van der Waals surface area contributed by atoms with Crippen LogP contribution in [0.3, 0.4) is 0 Å². The summed E-state index contributed by atoms with van der Waals surface area (Å²) < 4.78 is 11.4. The van der Waals surface area contributed by atoms with Crippen LogP contribution in [0.2, 0.25) is 0 Å². The number of aryl methyl sites for hydroxylation is 2. The van der Waals surface area contributed by atoms with Crippen LogP contribution in [0.1, 0.15) is 22.3 Å². The third-order valence-corrected chi connectivity index (χ3v) is 5.34. The molecule has 0 amide bonds. The Morgan fingerprint density at radius 3 is 2.40 bits per heavy atom. The van der Waals surface area contributed by atoms with E-state index in [1.54, 1.807) is 7.05 Å². The van der Waals surface area contributed by atoms with Crippen molar-refractivity contribution in [2.45, 2.75) is 26.9 Å². The number of benzene rings is 2. The van der Waals surface area contributed by atoms with E-state index in [0.29, 0.717) is 13.2 Å². The van der Waals surface area contributed by atoms with Gasteiger partial charge < -0.3 is 20.1 Å². The SMILES string of the molecule is CN=C(NCCOc1c(C)cccc1C)NCc1ccccc1CN1CCOCC1. The number of aliphatic imine (C=N–C) groups is 1. The standard InChI is InChI=1S/C24H34N4O2/c1-19-7-6-8-20(2)23(19)30-14-11-26-24(25-3)27-17-21-9-4-5-10-22(21)18-28-12-15-29-16-13-28/h4-10H,11-18H2,1-3H3,(H2,25,26,27). The Hall–Kier alpha value is -2.57. The second-order valence-electron chi connectivity index (χ2n) is 7.58. The van der Waals surface area contributed by atoms with Crippen molar-refractivity contribution in [2.75, 3.05) is 46.5 Å². The van der Waals surface area contributed by atoms with Crippen molar-refractivity contribution < 1.29 is 9.47 Å². The lowest BCUT2D eigenvalue weighted by molar-refractivity contribution is 0.0341. The molecule has 0 aromatic heterocycles. The molecule has 2 N–H and O–H groups in total. The van der Waals surface area contributed by atoms with E-state index in [4.69, 9.17) is 9.47 Å². The second kappa shape index (κ2) is 11.6. The van der Waals surface area contributed by atoms with Crippen LogP contribution in [0.25, 0.3) is 0 Å². The molecule has 1 aliphatic rings. The van der Waals surface area contributed by atoms with Gasteiger partial charge in [0.05, 0.1) is 19.8 Å². The molecule has 2 aromatic rings. The third-order valence-electron chi connectivity index (χ3n) is 5.34. The Kier molecular flexibility index (Phi) is 8.53. The van der Waals surface area contributed by atoms with Gasteiger partial charge in [-0.05, 0) is 36.1 Å². The molecular formula is C24H34N4O2. The smallest absolute Gasteiger partial charge is 0.191 e. The molecule has 1 aliphatic heterocycles. The van der Waals surface area contributed by atoms with E-state index in [0.717, 1.165) is 62.2 Å². The maximum atomic E-state index is 5.97. The van der Waals surface area contributed by atoms with E-state index in [2.05, 4.69) is 76.8 Å². The zero-order valence-electron chi connectivity index (χ0n) is 18.4. The lowest BCUT2D eigenvalue weighted by atomic mass is 10.1. The highest BCUT2D eigenvalue weighted by atomic mass is 16.5. The zero-order valence-corrected chi connectivity index (χ0v) is 18.4. The number of nitrogens with one attached hydrogen (secondary N) is 2. The molecule has 0 bridgehead atoms. The predicted octanol–water partition coefficient (Wildman–Crippen LogP) is 2.88. The number of guanidine groups is 1. The number of para-hydroxylation sites is 1. The molecule has 30 heavy (non-hydrogen) atoms. The van der Waals surface area contributed by atoms with Gasteiger partial charge in [0, 0.05) is 33.2 Å². The van der Waals surface area contributed by atoms with Crippen molar-refractivity contribution in [3.63, 3.8) is 0 Å². The second-order valence-corrected chi connectivity index (χ2v) is 7.58. The summed E-state index contributed by atoms with van der Waals surface area (Å²) in [6.07, 6.45) is 0. The van der Waals surface area contributed by atoms with Crippen molar-refractivity contribution in [1.29, 1.82) is 0 Å². The Labute approximate surface area is 180 Å². The maximum absolute atomic E-state index is 5.97. The summed E-state index contributed by atoms with van der Waals surface area (Å²) in [4.78, 5) is 6.78. The molecule has 3 rings (SSSR count). The first kappa shape index (κ1) is 22.1. The number of ether oxygens (including phenoxy) is 2. The summed E-state index contributed by atoms with van der Waals surface area (Å²) in [5.74, 6) is 1.75. The van der Waals surface area contributed by atoms with Gasteiger partial charge in [0.2, 0.25) is 0 Å². The van der Waals surface area contributed by atoms with Crippen molar-refractivity contribution in [3.05, 3.63) is 64.7 Å². The van der Waals surface area contributed by atoms with Crippen molar-refractivity contribution in [2.24, 2.45) is 4.99 Å². The normalized spacial score (nSPS) is 15.1. The van der Waals surface area contributed by atoms with Crippen LogP contribution in [0.15, 0.2) is 47.5 Å². The summed E-state index contributed by atoms with van der Waals surface area (Å²) in [7, 11) is 1.79. The summed E-state index contributed by atoms with van der Waals surface area (Å²) >= 11 is 0. The highest BCUT2D eigenvalue weighted by Gasteiger charge is 2.12. The Morgan fingerprint density at radius 2 is 1.70 bits per heavy atom. The molecular weight excluding hydrogens is 376 g/mol. The topological polar surface area (TPSA) is 58.1 Å². The third kappa shape index (κ3) is 6.47. The fourth-order valence-electron chi connectivity index (χ4n) is 3.63. The largest absolute Gasteiger partial charge is 0.491 e. The molecule has 2 aromatic carbocycles. The minimum absolute atomic E-state index is 0.583. The first-order valence-electron chi connectivity index (χ1n) is 10.7. The lowest BCUT2D eigenvalue weighted by Crippen LogP contribution is -2.39. The highest BCUT2D eigenvalue weighted by Crippen LogP contribution is 2.21. The Bertz CT molecular complexity index is 811. The molecule has 1 saturated heterocycles. The van der Waals surface area contributed by atoms with Gasteiger partial charge in [-0.3, -0.25) is 9.89 Å². The molecule has 162 valence electrons. The van der Waals surface area contributed by atoms with Crippen LogP contribution in [-0.4, -0.2) is 57.4 Å². The number of nitrogens with zero attached hydrogens (tertiary/aromatic N) is 2. The predicted molar refractivity (Wildman–Crippen MR) is 122 cm³/mol. The van der Waals surface area contributed by atoms with Crippen LogP contribution in [0.5, 0.6) is 5.75 Å². The van der Waals surface area contributed by atoms with Gasteiger partial charge >= 0.3 is 0 Å². The monoisotopic (exact) mass is 410 g/mol. The molecule has 0 aliphatic carbocycles. The highest BCUT2D eigenvalue weighted by molar-refractivity contribution is 5.79. The van der Waals surface area contributed by atoms with Gasteiger partial charge in [0.1, 0.15) is 12.4 Å². The van der Waals surface area contributed by atoms with Crippen molar-refractivity contribution in [1.82, 2.24) is 15.5 Å². The van der Waals surface area contributed by atoms with E-state index in [1.807, 2.05) is 0 Å². The van der Waals surface area contributed by atoms with E-state index < -0.39 is 0 Å². The summed E-state index contributed by atoms with van der Waals surface area (Å²) in [6, 6.07) is 14.8. The molecule has 1 heterocycles. The van der Waals surface area contributed by atoms with Gasteiger partial charge in [-0.15, -0.1) is 0 Å². The molecule has 1 fully saturated rings. The van der Waals surface area contributed by atoms with Crippen LogP contribution in [0, 0.1) is 13.8 Å².